The average molecular weight is 542 g/mol. The molecule has 1 aromatic heterocycles. The van der Waals surface area contributed by atoms with Crippen LogP contribution in [0.5, 0.6) is 46.0 Å². The Hall–Kier alpha value is -5.51. The van der Waals surface area contributed by atoms with Crippen LogP contribution in [0.3, 0.4) is 0 Å². The Morgan fingerprint density at radius 2 is 1.48 bits per heavy atom. The lowest BCUT2D eigenvalue weighted by Gasteiger charge is -2.27. The number of phenols is 7. The molecule has 1 aliphatic heterocycles. The van der Waals surface area contributed by atoms with Crippen molar-refractivity contribution in [1.82, 2.24) is 0 Å². The van der Waals surface area contributed by atoms with Crippen molar-refractivity contribution in [2.24, 2.45) is 0 Å². The van der Waals surface area contributed by atoms with Gasteiger partial charge in [-0.25, -0.2) is 0 Å². The normalized spacial score (nSPS) is 14.6. The average Bonchev–Trinajstić information content (AvgIpc) is 2.90. The van der Waals surface area contributed by atoms with Crippen LogP contribution in [-0.4, -0.2) is 35.7 Å². The van der Waals surface area contributed by atoms with Crippen LogP contribution in [0.4, 0.5) is 0 Å². The summed E-state index contributed by atoms with van der Waals surface area (Å²) in [6.07, 6.45) is 0.0858. The van der Waals surface area contributed by atoms with Gasteiger partial charge in [0.1, 0.15) is 51.7 Å². The molecule has 0 saturated carbocycles. The molecule has 10 heteroatoms. The summed E-state index contributed by atoms with van der Waals surface area (Å²) >= 11 is 0. The fraction of sp³-hybridized carbons (Fsp3) is 0.100. The first-order valence-corrected chi connectivity index (χ1v) is 12.2. The molecule has 1 unspecified atom stereocenters. The van der Waals surface area contributed by atoms with Crippen molar-refractivity contribution in [3.63, 3.8) is 0 Å². The molecule has 202 valence electrons. The summed E-state index contributed by atoms with van der Waals surface area (Å²) in [6.45, 7) is 0. The minimum Gasteiger partial charge on any atom is -0.508 e. The third-order valence-electron chi connectivity index (χ3n) is 6.96. The monoisotopic (exact) mass is 542 g/mol. The van der Waals surface area contributed by atoms with Crippen LogP contribution >= 0.6 is 0 Å². The van der Waals surface area contributed by atoms with Crippen LogP contribution in [0.2, 0.25) is 0 Å². The lowest BCUT2D eigenvalue weighted by molar-refractivity contribution is 0.173. The van der Waals surface area contributed by atoms with Gasteiger partial charge in [-0.2, -0.15) is 0 Å². The Bertz CT molecular complexity index is 1870. The SMILES string of the molecule is O=c1cc(-c2ccc(O)cc2)oc2c(-c3cc(C4CCc5c(O)cc(O)cc5O4)cc(O)c3O)c(O)cc(O)c12. The Morgan fingerprint density at radius 1 is 0.725 bits per heavy atom. The van der Waals surface area contributed by atoms with E-state index < -0.39 is 34.5 Å². The first-order chi connectivity index (χ1) is 19.1. The quantitative estimate of drug-likeness (QED) is 0.151. The van der Waals surface area contributed by atoms with Gasteiger partial charge < -0.3 is 44.9 Å². The van der Waals surface area contributed by atoms with Crippen LogP contribution in [-0.2, 0) is 6.42 Å². The first-order valence-electron chi connectivity index (χ1n) is 12.2. The molecule has 1 aliphatic rings. The summed E-state index contributed by atoms with van der Waals surface area (Å²) in [5.41, 5.74) is 0.189. The Morgan fingerprint density at radius 3 is 2.23 bits per heavy atom. The van der Waals surface area contributed by atoms with Crippen molar-refractivity contribution >= 4 is 11.0 Å². The van der Waals surface area contributed by atoms with Crippen LogP contribution in [0, 0.1) is 0 Å². The van der Waals surface area contributed by atoms with Crippen molar-refractivity contribution in [3.8, 4) is 68.4 Å². The molecule has 7 N–H and O–H groups in total. The maximum atomic E-state index is 13.1. The van der Waals surface area contributed by atoms with Gasteiger partial charge in [-0.15, -0.1) is 0 Å². The highest BCUT2D eigenvalue weighted by molar-refractivity contribution is 6.01. The number of rotatable bonds is 3. The van der Waals surface area contributed by atoms with Crippen LogP contribution in [0.15, 0.2) is 69.9 Å². The predicted molar refractivity (Wildman–Crippen MR) is 143 cm³/mol. The van der Waals surface area contributed by atoms with Gasteiger partial charge in [0.15, 0.2) is 22.5 Å². The molecule has 0 aliphatic carbocycles. The summed E-state index contributed by atoms with van der Waals surface area (Å²) < 4.78 is 12.0. The van der Waals surface area contributed by atoms with Crippen molar-refractivity contribution < 1.29 is 44.9 Å². The van der Waals surface area contributed by atoms with Gasteiger partial charge in [-0.05, 0) is 54.8 Å². The number of ether oxygens (including phenoxy) is 1. The fourth-order valence-electron chi connectivity index (χ4n) is 5.04. The van der Waals surface area contributed by atoms with E-state index in [-0.39, 0.29) is 50.9 Å². The van der Waals surface area contributed by atoms with Crippen LogP contribution in [0.1, 0.15) is 23.7 Å². The van der Waals surface area contributed by atoms with E-state index >= 15 is 0 Å². The molecular weight excluding hydrogens is 520 g/mol. The van der Waals surface area contributed by atoms with E-state index in [2.05, 4.69) is 0 Å². The number of phenolic OH excluding ortho intramolecular Hbond substituents is 7. The van der Waals surface area contributed by atoms with Gasteiger partial charge in [0.2, 0.25) is 0 Å². The maximum Gasteiger partial charge on any atom is 0.197 e. The molecule has 4 aromatic carbocycles. The minimum absolute atomic E-state index is 0.00180. The lowest BCUT2D eigenvalue weighted by atomic mass is 9.92. The summed E-state index contributed by atoms with van der Waals surface area (Å²) in [5.74, 6) is -2.22. The lowest BCUT2D eigenvalue weighted by Crippen LogP contribution is -2.15. The Kier molecular flexibility index (Phi) is 5.61. The summed E-state index contributed by atoms with van der Waals surface area (Å²) in [5, 5.41) is 72.3. The minimum atomic E-state index is -0.677. The van der Waals surface area contributed by atoms with E-state index in [9.17, 15) is 40.5 Å². The summed E-state index contributed by atoms with van der Waals surface area (Å²) in [6, 6.07) is 13.2. The fourth-order valence-corrected chi connectivity index (χ4v) is 5.04. The van der Waals surface area contributed by atoms with Crippen LogP contribution < -0.4 is 10.2 Å². The van der Waals surface area contributed by atoms with E-state index in [0.717, 1.165) is 12.1 Å². The first kappa shape index (κ1) is 24.8. The number of hydrogen-bond acceptors (Lipinski definition) is 10. The number of hydrogen-bond donors (Lipinski definition) is 7. The second kappa shape index (κ2) is 9.05. The molecule has 1 atom stereocenters. The number of fused-ring (bicyclic) bond motifs is 2. The summed E-state index contributed by atoms with van der Waals surface area (Å²) in [7, 11) is 0. The highest BCUT2D eigenvalue weighted by Gasteiger charge is 2.28. The highest BCUT2D eigenvalue weighted by Crippen LogP contribution is 2.49. The second-order valence-corrected chi connectivity index (χ2v) is 9.54. The largest absolute Gasteiger partial charge is 0.508 e. The molecular formula is C30H22O10. The maximum absolute atomic E-state index is 13.1. The smallest absolute Gasteiger partial charge is 0.197 e. The van der Waals surface area contributed by atoms with Crippen molar-refractivity contribution in [2.75, 3.05) is 0 Å². The second-order valence-electron chi connectivity index (χ2n) is 9.54. The van der Waals surface area contributed by atoms with Gasteiger partial charge in [0, 0.05) is 41.0 Å². The van der Waals surface area contributed by atoms with E-state index in [1.807, 2.05) is 0 Å². The van der Waals surface area contributed by atoms with Crippen molar-refractivity contribution in [3.05, 3.63) is 82.0 Å². The zero-order chi connectivity index (χ0) is 28.3. The van der Waals surface area contributed by atoms with Crippen molar-refractivity contribution in [2.45, 2.75) is 18.9 Å². The third kappa shape index (κ3) is 4.02. The molecule has 40 heavy (non-hydrogen) atoms. The van der Waals surface area contributed by atoms with E-state index in [1.165, 1.54) is 48.5 Å². The molecule has 2 heterocycles. The van der Waals surface area contributed by atoms with Gasteiger partial charge >= 0.3 is 0 Å². The highest BCUT2D eigenvalue weighted by atomic mass is 16.5. The van der Waals surface area contributed by atoms with Gasteiger partial charge in [-0.1, -0.05) is 0 Å². The molecule has 5 aromatic rings. The van der Waals surface area contributed by atoms with Gasteiger partial charge in [0.25, 0.3) is 0 Å². The van der Waals surface area contributed by atoms with E-state index in [1.54, 1.807) is 0 Å². The molecule has 0 amide bonds. The third-order valence-corrected chi connectivity index (χ3v) is 6.96. The van der Waals surface area contributed by atoms with Crippen LogP contribution in [0.25, 0.3) is 33.4 Å². The molecule has 0 spiro atoms. The molecule has 10 nitrogen and oxygen atoms in total. The summed E-state index contributed by atoms with van der Waals surface area (Å²) in [4.78, 5) is 13.1. The number of aromatic hydroxyl groups is 7. The zero-order valence-corrected chi connectivity index (χ0v) is 20.6. The van der Waals surface area contributed by atoms with E-state index in [0.29, 0.717) is 29.5 Å². The Balaban J connectivity index is 1.54. The van der Waals surface area contributed by atoms with Crippen molar-refractivity contribution in [1.29, 1.82) is 0 Å². The molecule has 0 radical (unpaired) electrons. The Labute approximate surface area is 225 Å². The van der Waals surface area contributed by atoms with Gasteiger partial charge in [-0.3, -0.25) is 4.79 Å². The van der Waals surface area contributed by atoms with E-state index in [4.69, 9.17) is 9.15 Å². The molecule has 0 fully saturated rings. The van der Waals surface area contributed by atoms with Gasteiger partial charge in [0.05, 0.1) is 5.56 Å². The molecule has 6 rings (SSSR count). The topological polar surface area (TPSA) is 181 Å². The standard InChI is InChI=1S/C30H22O10/c31-15-3-1-13(2-4-15)25-12-22(36)28-21(35)11-20(34)27(30(28)40-25)18-7-14(8-23(37)29(18)38)24-6-5-17-19(33)9-16(32)10-26(17)39-24/h1-4,7-12,24,31-35,37-38H,5-6H2. The number of benzene rings is 4. The molecule has 0 bridgehead atoms. The predicted octanol–water partition coefficient (Wildman–Crippen LogP) is 5.13. The zero-order valence-electron chi connectivity index (χ0n) is 20.6. The molecule has 0 saturated heterocycles.